The van der Waals surface area contributed by atoms with Gasteiger partial charge in [-0.25, -0.2) is 0 Å². The third-order valence-electron chi connectivity index (χ3n) is 13.9. The van der Waals surface area contributed by atoms with Crippen molar-refractivity contribution in [2.75, 3.05) is 6.61 Å². The first-order valence-electron chi connectivity index (χ1n) is 30.2. The number of unbranched alkanes of at least 4 members (excludes halogenated alkanes) is 37. The molecule has 3 atom stereocenters. The maximum Gasteiger partial charge on any atom is 0.306 e. The van der Waals surface area contributed by atoms with Crippen LogP contribution < -0.4 is 5.32 Å². The third-order valence-corrected chi connectivity index (χ3v) is 13.9. The SMILES string of the molecule is CCCCC/C=C\C/C=C\CCCCCCCCCC(CC(=O)NC(CO)C(O)CCCCCCCCCCCCCCCCCC)OC(=O)CCCCCCC/C=C/CCCCCCCCC. The van der Waals surface area contributed by atoms with E-state index in [0.29, 0.717) is 19.3 Å². The molecule has 0 rings (SSSR count). The molecule has 0 aromatic heterocycles. The van der Waals surface area contributed by atoms with Gasteiger partial charge < -0.3 is 20.3 Å². The summed E-state index contributed by atoms with van der Waals surface area (Å²) in [6.07, 6.45) is 67.8. The van der Waals surface area contributed by atoms with Crippen molar-refractivity contribution in [2.24, 2.45) is 0 Å². The summed E-state index contributed by atoms with van der Waals surface area (Å²) in [4.78, 5) is 26.3. The number of hydrogen-bond donors (Lipinski definition) is 3. The number of esters is 1. The van der Waals surface area contributed by atoms with Gasteiger partial charge in [0.05, 0.1) is 25.2 Å². The molecule has 0 spiro atoms. The fraction of sp³-hybridized carbons (Fsp3) is 0.871. The van der Waals surface area contributed by atoms with Gasteiger partial charge in [0.1, 0.15) is 6.10 Å². The van der Waals surface area contributed by atoms with Crippen LogP contribution >= 0.6 is 0 Å². The molecule has 6 nitrogen and oxygen atoms in total. The van der Waals surface area contributed by atoms with Crippen LogP contribution in [0.2, 0.25) is 0 Å². The molecular formula is C62H117NO5. The Morgan fingerprint density at radius 3 is 1.16 bits per heavy atom. The van der Waals surface area contributed by atoms with Crippen molar-refractivity contribution < 1.29 is 24.5 Å². The highest BCUT2D eigenvalue weighted by Gasteiger charge is 2.24. The zero-order valence-corrected chi connectivity index (χ0v) is 45.8. The van der Waals surface area contributed by atoms with Gasteiger partial charge in [0.2, 0.25) is 5.91 Å². The average molecular weight is 957 g/mol. The number of aliphatic hydroxyl groups is 2. The van der Waals surface area contributed by atoms with Gasteiger partial charge in [-0.1, -0.05) is 263 Å². The summed E-state index contributed by atoms with van der Waals surface area (Å²) in [5, 5.41) is 23.9. The number of amides is 1. The predicted molar refractivity (Wildman–Crippen MR) is 296 cm³/mol. The van der Waals surface area contributed by atoms with E-state index in [1.165, 1.54) is 205 Å². The first-order chi connectivity index (χ1) is 33.5. The molecule has 0 bridgehead atoms. The van der Waals surface area contributed by atoms with Crippen molar-refractivity contribution in [1.29, 1.82) is 0 Å². The molecule has 3 N–H and O–H groups in total. The molecule has 0 aromatic rings. The third kappa shape index (κ3) is 50.5. The molecule has 3 unspecified atom stereocenters. The predicted octanol–water partition coefficient (Wildman–Crippen LogP) is 18.8. The smallest absolute Gasteiger partial charge is 0.306 e. The first-order valence-corrected chi connectivity index (χ1v) is 30.2. The maximum atomic E-state index is 13.3. The largest absolute Gasteiger partial charge is 0.462 e. The van der Waals surface area contributed by atoms with Crippen LogP contribution in [-0.2, 0) is 14.3 Å². The maximum absolute atomic E-state index is 13.3. The van der Waals surface area contributed by atoms with E-state index in [-0.39, 0.29) is 24.9 Å². The number of allylic oxidation sites excluding steroid dienone is 6. The molecule has 0 aromatic carbocycles. The van der Waals surface area contributed by atoms with Crippen LogP contribution in [-0.4, -0.2) is 46.9 Å². The first kappa shape index (κ1) is 66.1. The molecule has 400 valence electrons. The van der Waals surface area contributed by atoms with Gasteiger partial charge in [-0.05, 0) is 83.5 Å². The van der Waals surface area contributed by atoms with Gasteiger partial charge in [-0.15, -0.1) is 0 Å². The van der Waals surface area contributed by atoms with Crippen LogP contribution in [0.5, 0.6) is 0 Å². The van der Waals surface area contributed by atoms with E-state index in [1.807, 2.05) is 0 Å². The van der Waals surface area contributed by atoms with E-state index in [1.54, 1.807) is 0 Å². The molecule has 0 fully saturated rings. The summed E-state index contributed by atoms with van der Waals surface area (Å²) in [6.45, 7) is 6.49. The second-order valence-electron chi connectivity index (χ2n) is 20.7. The van der Waals surface area contributed by atoms with Crippen LogP contribution in [0.1, 0.15) is 323 Å². The Balaban J connectivity index is 4.55. The summed E-state index contributed by atoms with van der Waals surface area (Å²) in [5.41, 5.74) is 0. The summed E-state index contributed by atoms with van der Waals surface area (Å²) >= 11 is 0. The average Bonchev–Trinajstić information content (AvgIpc) is 3.33. The van der Waals surface area contributed by atoms with Crippen LogP contribution in [0.4, 0.5) is 0 Å². The molecule has 0 heterocycles. The highest BCUT2D eigenvalue weighted by atomic mass is 16.5. The number of carbonyl (C=O) groups excluding carboxylic acids is 2. The van der Waals surface area contributed by atoms with Gasteiger partial charge in [-0.2, -0.15) is 0 Å². The lowest BCUT2D eigenvalue weighted by Gasteiger charge is -2.24. The Hall–Kier alpha value is -1.92. The van der Waals surface area contributed by atoms with Crippen molar-refractivity contribution in [2.45, 2.75) is 341 Å². The number of carbonyl (C=O) groups is 2. The molecule has 0 radical (unpaired) electrons. The molecule has 0 aliphatic rings. The molecule has 0 aliphatic carbocycles. The molecule has 6 heteroatoms. The number of rotatable bonds is 55. The van der Waals surface area contributed by atoms with Gasteiger partial charge in [0.25, 0.3) is 0 Å². The van der Waals surface area contributed by atoms with E-state index in [0.717, 1.165) is 70.6 Å². The Morgan fingerprint density at radius 2 is 0.750 bits per heavy atom. The summed E-state index contributed by atoms with van der Waals surface area (Å²) in [7, 11) is 0. The fourth-order valence-corrected chi connectivity index (χ4v) is 9.34. The van der Waals surface area contributed by atoms with E-state index in [2.05, 4.69) is 62.5 Å². The minimum absolute atomic E-state index is 0.0721. The minimum atomic E-state index is -0.791. The Labute approximate surface area is 424 Å². The van der Waals surface area contributed by atoms with Crippen molar-refractivity contribution in [3.05, 3.63) is 36.5 Å². The van der Waals surface area contributed by atoms with Crippen molar-refractivity contribution in [3.8, 4) is 0 Å². The quantitative estimate of drug-likeness (QED) is 0.0321. The molecule has 0 saturated carbocycles. The Kier molecular flexibility index (Phi) is 54.4. The van der Waals surface area contributed by atoms with Crippen molar-refractivity contribution >= 4 is 11.9 Å². The second-order valence-corrected chi connectivity index (χ2v) is 20.7. The zero-order chi connectivity index (χ0) is 49.5. The van der Waals surface area contributed by atoms with Gasteiger partial charge in [0.15, 0.2) is 0 Å². The van der Waals surface area contributed by atoms with Crippen LogP contribution in [0.15, 0.2) is 36.5 Å². The summed E-state index contributed by atoms with van der Waals surface area (Å²) in [6, 6.07) is -0.705. The van der Waals surface area contributed by atoms with Crippen molar-refractivity contribution in [1.82, 2.24) is 5.32 Å². The van der Waals surface area contributed by atoms with Crippen molar-refractivity contribution in [3.63, 3.8) is 0 Å². The Morgan fingerprint density at radius 1 is 0.426 bits per heavy atom. The number of aliphatic hydroxyl groups excluding tert-OH is 2. The number of ether oxygens (including phenoxy) is 1. The van der Waals surface area contributed by atoms with E-state index in [4.69, 9.17) is 4.74 Å². The number of hydrogen-bond acceptors (Lipinski definition) is 5. The molecule has 0 aliphatic heterocycles. The normalized spacial score (nSPS) is 13.3. The van der Waals surface area contributed by atoms with Crippen LogP contribution in [0.25, 0.3) is 0 Å². The lowest BCUT2D eigenvalue weighted by Crippen LogP contribution is -2.46. The molecular weight excluding hydrogens is 839 g/mol. The monoisotopic (exact) mass is 956 g/mol. The fourth-order valence-electron chi connectivity index (χ4n) is 9.34. The summed E-state index contributed by atoms with van der Waals surface area (Å²) in [5.74, 6) is -0.475. The van der Waals surface area contributed by atoms with E-state index < -0.39 is 18.2 Å². The van der Waals surface area contributed by atoms with E-state index in [9.17, 15) is 19.8 Å². The number of nitrogens with one attached hydrogen (secondary N) is 1. The molecule has 68 heavy (non-hydrogen) atoms. The highest BCUT2D eigenvalue weighted by Crippen LogP contribution is 2.19. The van der Waals surface area contributed by atoms with Gasteiger partial charge in [-0.3, -0.25) is 9.59 Å². The minimum Gasteiger partial charge on any atom is -0.462 e. The summed E-state index contributed by atoms with van der Waals surface area (Å²) < 4.78 is 5.97. The lowest BCUT2D eigenvalue weighted by atomic mass is 10.0. The highest BCUT2D eigenvalue weighted by molar-refractivity contribution is 5.77. The molecule has 1 amide bonds. The molecule has 0 saturated heterocycles. The van der Waals surface area contributed by atoms with Crippen LogP contribution in [0.3, 0.4) is 0 Å². The topological polar surface area (TPSA) is 95.9 Å². The Bertz CT molecular complexity index is 1120. The van der Waals surface area contributed by atoms with E-state index >= 15 is 0 Å². The van der Waals surface area contributed by atoms with Crippen LogP contribution in [0, 0.1) is 0 Å². The lowest BCUT2D eigenvalue weighted by molar-refractivity contribution is -0.151. The second kappa shape index (κ2) is 56.0. The van der Waals surface area contributed by atoms with Gasteiger partial charge in [0, 0.05) is 6.42 Å². The van der Waals surface area contributed by atoms with Gasteiger partial charge >= 0.3 is 5.97 Å². The zero-order valence-electron chi connectivity index (χ0n) is 45.8. The standard InChI is InChI=1S/C62H117NO5/c1-4-7-10-13-16-19-22-25-28-31-32-35-38-41-44-47-50-53-58(68-62(67)55-52-49-46-43-40-37-34-30-27-24-21-18-15-12-9-6-3)56-61(66)63-59(57-64)60(65)54-51-48-45-42-39-36-33-29-26-23-20-17-14-11-8-5-2/h16,19,25,28,30,34,58-60,64-65H,4-15,17-18,20-24,26-27,29,31-33,35-57H2,1-3H3,(H,63,66)/b19-16-,28-25-,34-30+.